The standard InChI is InChI=1S/C15H23NO/c1-3-11(4-2)10-17-13-6-7-14-12(9-13)5-8-15(14)16/h6-7,9,11,15H,3-5,8,10,16H2,1-2H3/t15-/m0/s1. The lowest BCUT2D eigenvalue weighted by molar-refractivity contribution is 0.240. The zero-order valence-electron chi connectivity index (χ0n) is 10.9. The van der Waals surface area contributed by atoms with Gasteiger partial charge in [-0.05, 0) is 42.0 Å². The lowest BCUT2D eigenvalue weighted by Gasteiger charge is -2.14. The molecule has 94 valence electrons. The molecule has 0 fully saturated rings. The van der Waals surface area contributed by atoms with Crippen LogP contribution in [0, 0.1) is 5.92 Å². The van der Waals surface area contributed by atoms with E-state index in [0.717, 1.165) is 25.2 Å². The zero-order valence-corrected chi connectivity index (χ0v) is 10.9. The topological polar surface area (TPSA) is 35.2 Å². The van der Waals surface area contributed by atoms with Crippen LogP contribution in [0.25, 0.3) is 0 Å². The van der Waals surface area contributed by atoms with Gasteiger partial charge in [0.2, 0.25) is 0 Å². The molecule has 0 spiro atoms. The first-order valence-electron chi connectivity index (χ1n) is 6.75. The molecular formula is C15H23NO. The largest absolute Gasteiger partial charge is 0.493 e. The van der Waals surface area contributed by atoms with E-state index in [2.05, 4.69) is 32.0 Å². The number of nitrogens with two attached hydrogens (primary N) is 1. The zero-order chi connectivity index (χ0) is 12.3. The number of rotatable bonds is 5. The second-order valence-electron chi connectivity index (χ2n) is 5.00. The van der Waals surface area contributed by atoms with Crippen LogP contribution in [-0.4, -0.2) is 6.61 Å². The normalized spacial score (nSPS) is 18.5. The fourth-order valence-electron chi connectivity index (χ4n) is 2.46. The Morgan fingerprint density at radius 3 is 2.82 bits per heavy atom. The summed E-state index contributed by atoms with van der Waals surface area (Å²) >= 11 is 0. The van der Waals surface area contributed by atoms with Gasteiger partial charge in [0.25, 0.3) is 0 Å². The molecular weight excluding hydrogens is 210 g/mol. The maximum atomic E-state index is 6.02. The van der Waals surface area contributed by atoms with Crippen LogP contribution in [-0.2, 0) is 6.42 Å². The summed E-state index contributed by atoms with van der Waals surface area (Å²) in [7, 11) is 0. The Morgan fingerprint density at radius 2 is 2.12 bits per heavy atom. The third-order valence-electron chi connectivity index (χ3n) is 3.88. The predicted molar refractivity (Wildman–Crippen MR) is 71.3 cm³/mol. The van der Waals surface area contributed by atoms with E-state index in [4.69, 9.17) is 10.5 Å². The molecule has 2 nitrogen and oxygen atoms in total. The monoisotopic (exact) mass is 233 g/mol. The Hall–Kier alpha value is -1.02. The van der Waals surface area contributed by atoms with Crippen LogP contribution in [0.4, 0.5) is 0 Å². The number of hydrogen-bond donors (Lipinski definition) is 1. The molecule has 17 heavy (non-hydrogen) atoms. The fraction of sp³-hybridized carbons (Fsp3) is 0.600. The second kappa shape index (κ2) is 5.54. The number of hydrogen-bond acceptors (Lipinski definition) is 2. The van der Waals surface area contributed by atoms with Crippen LogP contribution in [0.1, 0.15) is 50.3 Å². The molecule has 1 aromatic rings. The maximum absolute atomic E-state index is 6.02. The molecule has 1 aliphatic carbocycles. The molecule has 0 amide bonds. The minimum atomic E-state index is 0.234. The summed E-state index contributed by atoms with van der Waals surface area (Å²) in [6.07, 6.45) is 4.54. The lowest BCUT2D eigenvalue weighted by atomic mass is 10.1. The highest BCUT2D eigenvalue weighted by Gasteiger charge is 2.19. The van der Waals surface area contributed by atoms with E-state index in [0.29, 0.717) is 5.92 Å². The number of ether oxygens (including phenoxy) is 1. The highest BCUT2D eigenvalue weighted by Crippen LogP contribution is 2.32. The van der Waals surface area contributed by atoms with Gasteiger partial charge in [-0.2, -0.15) is 0 Å². The summed E-state index contributed by atoms with van der Waals surface area (Å²) in [4.78, 5) is 0. The minimum Gasteiger partial charge on any atom is -0.493 e. The molecule has 0 radical (unpaired) electrons. The van der Waals surface area contributed by atoms with E-state index < -0.39 is 0 Å². The summed E-state index contributed by atoms with van der Waals surface area (Å²) in [5.41, 5.74) is 8.70. The van der Waals surface area contributed by atoms with Crippen molar-refractivity contribution in [3.8, 4) is 5.75 Å². The SMILES string of the molecule is CCC(CC)COc1ccc2c(c1)CC[C@@H]2N. The van der Waals surface area contributed by atoms with Crippen LogP contribution in [0.15, 0.2) is 18.2 Å². The van der Waals surface area contributed by atoms with Gasteiger partial charge >= 0.3 is 0 Å². The van der Waals surface area contributed by atoms with Crippen LogP contribution < -0.4 is 10.5 Å². The highest BCUT2D eigenvalue weighted by molar-refractivity contribution is 5.40. The van der Waals surface area contributed by atoms with Gasteiger partial charge in [-0.1, -0.05) is 32.8 Å². The Balaban J connectivity index is 1.99. The molecule has 2 N–H and O–H groups in total. The molecule has 0 bridgehead atoms. The molecule has 2 heteroatoms. The van der Waals surface area contributed by atoms with Crippen LogP contribution in [0.5, 0.6) is 5.75 Å². The van der Waals surface area contributed by atoms with Crippen LogP contribution >= 0.6 is 0 Å². The molecule has 1 atom stereocenters. The number of fused-ring (bicyclic) bond motifs is 1. The first-order chi connectivity index (χ1) is 8.24. The Kier molecular flexibility index (Phi) is 4.06. The van der Waals surface area contributed by atoms with Crippen molar-refractivity contribution in [1.82, 2.24) is 0 Å². The first kappa shape index (κ1) is 12.4. The van der Waals surface area contributed by atoms with E-state index in [-0.39, 0.29) is 6.04 Å². The van der Waals surface area contributed by atoms with E-state index in [1.165, 1.54) is 24.0 Å². The molecule has 0 unspecified atom stereocenters. The van der Waals surface area contributed by atoms with Crippen molar-refractivity contribution in [2.75, 3.05) is 6.61 Å². The van der Waals surface area contributed by atoms with Crippen LogP contribution in [0.2, 0.25) is 0 Å². The molecule has 0 aromatic heterocycles. The van der Waals surface area contributed by atoms with Gasteiger partial charge in [0.05, 0.1) is 6.61 Å². The lowest BCUT2D eigenvalue weighted by Crippen LogP contribution is -2.10. The van der Waals surface area contributed by atoms with Crippen molar-refractivity contribution in [2.24, 2.45) is 11.7 Å². The van der Waals surface area contributed by atoms with Crippen molar-refractivity contribution in [3.05, 3.63) is 29.3 Å². The van der Waals surface area contributed by atoms with Gasteiger partial charge in [0.15, 0.2) is 0 Å². The summed E-state index contributed by atoms with van der Waals surface area (Å²) in [5.74, 6) is 1.68. The quantitative estimate of drug-likeness (QED) is 0.845. The minimum absolute atomic E-state index is 0.234. The summed E-state index contributed by atoms with van der Waals surface area (Å²) < 4.78 is 5.87. The third kappa shape index (κ3) is 2.81. The van der Waals surface area contributed by atoms with E-state index >= 15 is 0 Å². The molecule has 0 saturated carbocycles. The van der Waals surface area contributed by atoms with E-state index in [1.54, 1.807) is 0 Å². The van der Waals surface area contributed by atoms with Crippen molar-refractivity contribution < 1.29 is 4.74 Å². The van der Waals surface area contributed by atoms with Gasteiger partial charge in [0, 0.05) is 6.04 Å². The van der Waals surface area contributed by atoms with Crippen LogP contribution in [0.3, 0.4) is 0 Å². The van der Waals surface area contributed by atoms with E-state index in [9.17, 15) is 0 Å². The van der Waals surface area contributed by atoms with Gasteiger partial charge < -0.3 is 10.5 Å². The Morgan fingerprint density at radius 1 is 1.35 bits per heavy atom. The second-order valence-corrected chi connectivity index (χ2v) is 5.00. The van der Waals surface area contributed by atoms with E-state index in [1.807, 2.05) is 0 Å². The van der Waals surface area contributed by atoms with Crippen molar-refractivity contribution >= 4 is 0 Å². The van der Waals surface area contributed by atoms with Gasteiger partial charge in [-0.15, -0.1) is 0 Å². The predicted octanol–water partition coefficient (Wildman–Crippen LogP) is 3.45. The molecule has 0 saturated heterocycles. The average molecular weight is 233 g/mol. The van der Waals surface area contributed by atoms with Gasteiger partial charge in [-0.25, -0.2) is 0 Å². The van der Waals surface area contributed by atoms with Gasteiger partial charge in [-0.3, -0.25) is 0 Å². The molecule has 2 rings (SSSR count). The molecule has 1 aromatic carbocycles. The number of aryl methyl sites for hydroxylation is 1. The summed E-state index contributed by atoms with van der Waals surface area (Å²) in [6.45, 7) is 5.27. The highest BCUT2D eigenvalue weighted by atomic mass is 16.5. The van der Waals surface area contributed by atoms with Crippen molar-refractivity contribution in [1.29, 1.82) is 0 Å². The fourth-order valence-corrected chi connectivity index (χ4v) is 2.46. The Labute approximate surface area is 104 Å². The first-order valence-corrected chi connectivity index (χ1v) is 6.75. The average Bonchev–Trinajstić information content (AvgIpc) is 2.72. The van der Waals surface area contributed by atoms with Gasteiger partial charge in [0.1, 0.15) is 5.75 Å². The van der Waals surface area contributed by atoms with Crippen molar-refractivity contribution in [2.45, 2.75) is 45.6 Å². The number of benzene rings is 1. The smallest absolute Gasteiger partial charge is 0.119 e. The molecule has 0 aliphatic heterocycles. The third-order valence-corrected chi connectivity index (χ3v) is 3.88. The summed E-state index contributed by atoms with van der Waals surface area (Å²) in [6, 6.07) is 6.60. The molecule has 1 aliphatic rings. The summed E-state index contributed by atoms with van der Waals surface area (Å²) in [5, 5.41) is 0. The Bertz CT molecular complexity index is 371. The maximum Gasteiger partial charge on any atom is 0.119 e. The molecule has 0 heterocycles. The van der Waals surface area contributed by atoms with Crippen molar-refractivity contribution in [3.63, 3.8) is 0 Å².